The lowest BCUT2D eigenvalue weighted by Crippen LogP contribution is -2.45. The van der Waals surface area contributed by atoms with Gasteiger partial charge in [0.05, 0.1) is 0 Å². The standard InChI is InChI=1S/C15H21FN2O/c1-2-3-4-15(18-9-7-17-8-10-18)13-6-5-12(19)11-14(13)16/h2,5-6,11,15,17,19H,1,3-4,7-10H2/t15-/m0/s1. The maximum Gasteiger partial charge on any atom is 0.131 e. The Morgan fingerprint density at radius 1 is 1.42 bits per heavy atom. The van der Waals surface area contributed by atoms with Gasteiger partial charge in [0, 0.05) is 43.9 Å². The summed E-state index contributed by atoms with van der Waals surface area (Å²) in [5.74, 6) is -0.350. The fraction of sp³-hybridized carbons (Fsp3) is 0.467. The van der Waals surface area contributed by atoms with Gasteiger partial charge in [0.15, 0.2) is 0 Å². The topological polar surface area (TPSA) is 35.5 Å². The van der Waals surface area contributed by atoms with E-state index in [2.05, 4.69) is 16.8 Å². The molecule has 2 rings (SSSR count). The highest BCUT2D eigenvalue weighted by Gasteiger charge is 2.24. The summed E-state index contributed by atoms with van der Waals surface area (Å²) in [5.41, 5.74) is 0.668. The molecule has 1 aliphatic heterocycles. The van der Waals surface area contributed by atoms with Crippen molar-refractivity contribution < 1.29 is 9.50 Å². The number of hydrogen-bond acceptors (Lipinski definition) is 3. The third-order valence-electron chi connectivity index (χ3n) is 3.58. The van der Waals surface area contributed by atoms with Gasteiger partial charge in [-0.05, 0) is 18.9 Å². The Morgan fingerprint density at radius 3 is 2.79 bits per heavy atom. The molecule has 1 aromatic rings. The van der Waals surface area contributed by atoms with E-state index < -0.39 is 0 Å². The average molecular weight is 264 g/mol. The summed E-state index contributed by atoms with van der Waals surface area (Å²) < 4.78 is 14.1. The molecule has 1 saturated heterocycles. The largest absolute Gasteiger partial charge is 0.508 e. The van der Waals surface area contributed by atoms with Crippen LogP contribution >= 0.6 is 0 Å². The van der Waals surface area contributed by atoms with Crippen molar-refractivity contribution >= 4 is 0 Å². The SMILES string of the molecule is C=CCC[C@@H](c1ccc(O)cc1F)N1CCNCC1. The maximum atomic E-state index is 14.1. The first kappa shape index (κ1) is 14.0. The molecule has 0 aliphatic carbocycles. The van der Waals surface area contributed by atoms with Crippen molar-refractivity contribution in [2.45, 2.75) is 18.9 Å². The van der Waals surface area contributed by atoms with Crippen molar-refractivity contribution in [2.75, 3.05) is 26.2 Å². The number of rotatable bonds is 5. The number of allylic oxidation sites excluding steroid dienone is 1. The molecule has 0 bridgehead atoms. The molecule has 1 atom stereocenters. The van der Waals surface area contributed by atoms with Gasteiger partial charge in [-0.2, -0.15) is 0 Å². The van der Waals surface area contributed by atoms with Crippen LogP contribution in [0.1, 0.15) is 24.4 Å². The highest BCUT2D eigenvalue weighted by molar-refractivity contribution is 5.30. The number of halogens is 1. The van der Waals surface area contributed by atoms with E-state index in [4.69, 9.17) is 0 Å². The summed E-state index contributed by atoms with van der Waals surface area (Å²) in [4.78, 5) is 2.30. The van der Waals surface area contributed by atoms with E-state index in [1.54, 1.807) is 12.1 Å². The lowest BCUT2D eigenvalue weighted by Gasteiger charge is -2.35. The Morgan fingerprint density at radius 2 is 2.16 bits per heavy atom. The molecule has 0 unspecified atom stereocenters. The first-order chi connectivity index (χ1) is 9.22. The van der Waals surface area contributed by atoms with Crippen LogP contribution in [0.25, 0.3) is 0 Å². The van der Waals surface area contributed by atoms with Gasteiger partial charge in [0.25, 0.3) is 0 Å². The summed E-state index contributed by atoms with van der Waals surface area (Å²) >= 11 is 0. The summed E-state index contributed by atoms with van der Waals surface area (Å²) in [6, 6.07) is 4.50. The predicted octanol–water partition coefficient (Wildman–Crippen LogP) is 2.44. The number of phenolic OH excluding ortho intramolecular Hbond substituents is 1. The van der Waals surface area contributed by atoms with Crippen molar-refractivity contribution in [3.05, 3.63) is 42.2 Å². The lowest BCUT2D eigenvalue weighted by molar-refractivity contribution is 0.163. The number of aromatic hydroxyl groups is 1. The van der Waals surface area contributed by atoms with Crippen LogP contribution in [0.2, 0.25) is 0 Å². The first-order valence-electron chi connectivity index (χ1n) is 6.76. The van der Waals surface area contributed by atoms with Crippen LogP contribution in [0.3, 0.4) is 0 Å². The van der Waals surface area contributed by atoms with Crippen LogP contribution in [0.15, 0.2) is 30.9 Å². The molecule has 104 valence electrons. The van der Waals surface area contributed by atoms with Crippen molar-refractivity contribution in [1.82, 2.24) is 10.2 Å². The number of nitrogens with zero attached hydrogens (tertiary/aromatic N) is 1. The quantitative estimate of drug-likeness (QED) is 0.802. The maximum absolute atomic E-state index is 14.1. The van der Waals surface area contributed by atoms with Gasteiger partial charge in [0.1, 0.15) is 11.6 Å². The van der Waals surface area contributed by atoms with Gasteiger partial charge in [-0.25, -0.2) is 4.39 Å². The molecule has 19 heavy (non-hydrogen) atoms. The van der Waals surface area contributed by atoms with Gasteiger partial charge in [-0.3, -0.25) is 4.90 Å². The number of phenols is 1. The zero-order valence-electron chi connectivity index (χ0n) is 11.1. The zero-order valence-corrected chi connectivity index (χ0v) is 11.1. The third kappa shape index (κ3) is 3.55. The highest BCUT2D eigenvalue weighted by atomic mass is 19.1. The summed E-state index contributed by atoms with van der Waals surface area (Å²) in [6.07, 6.45) is 3.58. The van der Waals surface area contributed by atoms with Gasteiger partial charge in [-0.1, -0.05) is 12.1 Å². The molecule has 0 aromatic heterocycles. The second-order valence-corrected chi connectivity index (χ2v) is 4.87. The minimum Gasteiger partial charge on any atom is -0.508 e. The van der Waals surface area contributed by atoms with Crippen LogP contribution in [0, 0.1) is 5.82 Å². The van der Waals surface area contributed by atoms with Crippen molar-refractivity contribution in [1.29, 1.82) is 0 Å². The molecule has 4 heteroatoms. The Hall–Kier alpha value is -1.39. The minimum atomic E-state index is -0.326. The molecule has 2 N–H and O–H groups in total. The zero-order chi connectivity index (χ0) is 13.7. The molecule has 0 radical (unpaired) electrons. The number of piperazine rings is 1. The Balaban J connectivity index is 2.22. The van der Waals surface area contributed by atoms with Crippen molar-refractivity contribution in [3.8, 4) is 5.75 Å². The minimum absolute atomic E-state index is 0.0240. The van der Waals surface area contributed by atoms with Gasteiger partial charge in [-0.15, -0.1) is 6.58 Å². The second kappa shape index (κ2) is 6.68. The van der Waals surface area contributed by atoms with E-state index in [9.17, 15) is 9.50 Å². The van der Waals surface area contributed by atoms with Crippen LogP contribution in [0.5, 0.6) is 5.75 Å². The Kier molecular flexibility index (Phi) is 4.93. The Bertz CT molecular complexity index is 430. The van der Waals surface area contributed by atoms with E-state index in [-0.39, 0.29) is 17.6 Å². The van der Waals surface area contributed by atoms with E-state index in [1.807, 2.05) is 6.08 Å². The van der Waals surface area contributed by atoms with Crippen LogP contribution < -0.4 is 5.32 Å². The number of benzene rings is 1. The van der Waals surface area contributed by atoms with Gasteiger partial charge in [0.2, 0.25) is 0 Å². The smallest absolute Gasteiger partial charge is 0.131 e. The molecule has 0 amide bonds. The number of hydrogen-bond donors (Lipinski definition) is 2. The van der Waals surface area contributed by atoms with Crippen LogP contribution in [-0.4, -0.2) is 36.2 Å². The molecule has 0 saturated carbocycles. The molecule has 1 aromatic carbocycles. The fourth-order valence-corrected chi connectivity index (χ4v) is 2.59. The van der Waals surface area contributed by atoms with Crippen LogP contribution in [-0.2, 0) is 0 Å². The van der Waals surface area contributed by atoms with Crippen molar-refractivity contribution in [3.63, 3.8) is 0 Å². The Labute approximate surface area is 113 Å². The average Bonchev–Trinajstić information content (AvgIpc) is 2.42. The second-order valence-electron chi connectivity index (χ2n) is 4.87. The fourth-order valence-electron chi connectivity index (χ4n) is 2.59. The number of nitrogens with one attached hydrogen (secondary N) is 1. The van der Waals surface area contributed by atoms with E-state index in [1.165, 1.54) is 6.07 Å². The third-order valence-corrected chi connectivity index (χ3v) is 3.58. The van der Waals surface area contributed by atoms with Crippen molar-refractivity contribution in [2.24, 2.45) is 0 Å². The molecular weight excluding hydrogens is 243 g/mol. The summed E-state index contributed by atoms with van der Waals surface area (Å²) in [7, 11) is 0. The van der Waals surface area contributed by atoms with E-state index >= 15 is 0 Å². The normalized spacial score (nSPS) is 18.2. The van der Waals surface area contributed by atoms with Crippen LogP contribution in [0.4, 0.5) is 4.39 Å². The molecule has 0 spiro atoms. The molecule has 1 fully saturated rings. The lowest BCUT2D eigenvalue weighted by atomic mass is 9.98. The van der Waals surface area contributed by atoms with Gasteiger partial charge < -0.3 is 10.4 Å². The summed E-state index contributed by atoms with van der Waals surface area (Å²) in [5, 5.41) is 12.6. The van der Waals surface area contributed by atoms with Gasteiger partial charge >= 0.3 is 0 Å². The van der Waals surface area contributed by atoms with E-state index in [0.29, 0.717) is 5.56 Å². The first-order valence-corrected chi connectivity index (χ1v) is 6.76. The molecular formula is C15H21FN2O. The molecule has 1 heterocycles. The predicted molar refractivity (Wildman–Crippen MR) is 74.7 cm³/mol. The molecule has 3 nitrogen and oxygen atoms in total. The monoisotopic (exact) mass is 264 g/mol. The summed E-state index contributed by atoms with van der Waals surface area (Å²) in [6.45, 7) is 7.45. The molecule has 1 aliphatic rings. The van der Waals surface area contributed by atoms with E-state index in [0.717, 1.165) is 39.0 Å². The highest BCUT2D eigenvalue weighted by Crippen LogP contribution is 2.30.